The Morgan fingerprint density at radius 2 is 0.636 bits per heavy atom. The first-order valence-corrected chi connectivity index (χ1v) is 13.3. The van der Waals surface area contributed by atoms with Crippen LogP contribution in [0.15, 0.2) is 61.4 Å². The minimum atomic E-state index is 0. The molecule has 0 aliphatic heterocycles. The van der Waals surface area contributed by atoms with Gasteiger partial charge in [0.05, 0.1) is 0 Å². The van der Waals surface area contributed by atoms with Crippen molar-refractivity contribution in [1.82, 2.24) is 40.1 Å². The number of aryl methyl sites for hydroxylation is 10. The fourth-order valence-corrected chi connectivity index (χ4v) is 2.98. The summed E-state index contributed by atoms with van der Waals surface area (Å²) in [4.78, 5) is 24.0. The topological polar surface area (TPSA) is 103 Å². The Morgan fingerprint density at radius 1 is 0.364 bits per heavy atom. The van der Waals surface area contributed by atoms with Crippen LogP contribution in [-0.4, -0.2) is 40.1 Å². The zero-order valence-corrected chi connectivity index (χ0v) is 25.6. The summed E-state index contributed by atoms with van der Waals surface area (Å²) in [5.74, 6) is 1.66. The Hall–Kier alpha value is -3.98. The van der Waals surface area contributed by atoms with E-state index in [-0.39, 0.29) is 37.1 Å². The van der Waals surface area contributed by atoms with Crippen molar-refractivity contribution >= 4 is 11.3 Å². The lowest BCUT2D eigenvalue weighted by molar-refractivity contribution is 1.02. The quantitative estimate of drug-likeness (QED) is 0.168. The first-order chi connectivity index (χ1) is 18.4. The van der Waals surface area contributed by atoms with Gasteiger partial charge in [0.2, 0.25) is 0 Å². The van der Waals surface area contributed by atoms with Gasteiger partial charge in [0, 0.05) is 48.6 Å². The second-order valence-electron chi connectivity index (χ2n) is 8.91. The lowest BCUT2D eigenvalue weighted by Gasteiger charge is -1.89. The number of hydrogen-bond donors (Lipinski definition) is 0. The van der Waals surface area contributed by atoms with Gasteiger partial charge in [-0.05, 0) is 104 Å². The van der Waals surface area contributed by atoms with Crippen molar-refractivity contribution in [2.75, 3.05) is 0 Å². The molecule has 0 radical (unpaired) electrons. The molecule has 5 rings (SSSR count). The van der Waals surface area contributed by atoms with E-state index in [9.17, 15) is 0 Å². The molecule has 0 aliphatic rings. The fraction of sp³-hybridized carbons (Fsp3) is 0.429. The molecule has 5 heterocycles. The summed E-state index contributed by atoms with van der Waals surface area (Å²) in [6.45, 7) is 19.6. The van der Waals surface area contributed by atoms with E-state index in [1.54, 1.807) is 11.3 Å². The molecule has 0 unspecified atom stereocenters. The molecule has 5 aromatic heterocycles. The van der Waals surface area contributed by atoms with E-state index < -0.39 is 0 Å². The molecule has 0 saturated heterocycles. The summed E-state index contributed by atoms with van der Waals surface area (Å²) in [7, 11) is 0. The SMILES string of the molecule is C.C.C.C.C.Cc1ccc(C)nc1.Cc1ccc(C)nc1.Cc1cnc(C)nc1.Cc1cnc(C)nc1.Cc1nnc(C)s1. The second-order valence-corrected chi connectivity index (χ2v) is 10.3. The van der Waals surface area contributed by atoms with Crippen molar-refractivity contribution in [3.63, 3.8) is 0 Å². The largest absolute Gasteiger partial charge is 0.261 e. The lowest BCUT2D eigenvalue weighted by Crippen LogP contribution is -1.84. The third-order valence-electron chi connectivity index (χ3n) is 4.57. The van der Waals surface area contributed by atoms with Crippen molar-refractivity contribution in [3.05, 3.63) is 117 Å². The molecule has 0 bridgehead atoms. The molecule has 0 aliphatic carbocycles. The van der Waals surface area contributed by atoms with Crippen molar-refractivity contribution < 1.29 is 0 Å². The molecule has 0 amide bonds. The van der Waals surface area contributed by atoms with Crippen LogP contribution in [0.5, 0.6) is 0 Å². The predicted octanol–water partition coefficient (Wildman–Crippen LogP) is 9.92. The van der Waals surface area contributed by atoms with E-state index in [0.29, 0.717) is 0 Å². The average molecular weight is 625 g/mol. The van der Waals surface area contributed by atoms with Gasteiger partial charge in [-0.15, -0.1) is 21.5 Å². The number of nitrogens with zero attached hydrogens (tertiary/aromatic N) is 8. The van der Waals surface area contributed by atoms with Gasteiger partial charge in [0.25, 0.3) is 0 Å². The van der Waals surface area contributed by atoms with Crippen LogP contribution in [0.4, 0.5) is 0 Å². The van der Waals surface area contributed by atoms with Gasteiger partial charge in [-0.1, -0.05) is 49.3 Å². The van der Waals surface area contributed by atoms with Crippen LogP contribution in [0.2, 0.25) is 0 Å². The summed E-state index contributed by atoms with van der Waals surface area (Å²) in [5.41, 5.74) is 6.81. The van der Waals surface area contributed by atoms with Crippen molar-refractivity contribution in [1.29, 1.82) is 0 Å². The fourth-order valence-electron chi connectivity index (χ4n) is 2.39. The Morgan fingerprint density at radius 3 is 0.795 bits per heavy atom. The van der Waals surface area contributed by atoms with E-state index in [1.165, 1.54) is 11.1 Å². The number of pyridine rings is 2. The van der Waals surface area contributed by atoms with Gasteiger partial charge in [-0.25, -0.2) is 19.9 Å². The highest BCUT2D eigenvalue weighted by Gasteiger charge is 1.88. The van der Waals surface area contributed by atoms with Crippen molar-refractivity contribution in [3.8, 4) is 0 Å². The van der Waals surface area contributed by atoms with E-state index in [1.807, 2.05) is 119 Å². The van der Waals surface area contributed by atoms with Crippen LogP contribution in [0.25, 0.3) is 0 Å². The monoisotopic (exact) mass is 624 g/mol. The maximum atomic E-state index is 4.08. The van der Waals surface area contributed by atoms with Crippen LogP contribution in [0.1, 0.15) is 92.4 Å². The second kappa shape index (κ2) is 27.8. The Bertz CT molecular complexity index is 1040. The lowest BCUT2D eigenvalue weighted by atomic mass is 10.3. The first kappa shape index (κ1) is 49.7. The van der Waals surface area contributed by atoms with Crippen LogP contribution in [0, 0.1) is 69.2 Å². The molecule has 246 valence electrons. The zero-order valence-electron chi connectivity index (χ0n) is 24.8. The molecule has 0 fully saturated rings. The third kappa shape index (κ3) is 25.7. The molecule has 0 N–H and O–H groups in total. The summed E-state index contributed by atoms with van der Waals surface area (Å²) < 4.78 is 0. The van der Waals surface area contributed by atoms with Crippen molar-refractivity contribution in [2.24, 2.45) is 0 Å². The highest BCUT2D eigenvalue weighted by Crippen LogP contribution is 2.04. The molecule has 0 atom stereocenters. The van der Waals surface area contributed by atoms with E-state index in [4.69, 9.17) is 0 Å². The summed E-state index contributed by atoms with van der Waals surface area (Å²) >= 11 is 1.62. The van der Waals surface area contributed by atoms with Crippen LogP contribution in [-0.2, 0) is 0 Å². The average Bonchev–Trinajstić information content (AvgIpc) is 3.30. The van der Waals surface area contributed by atoms with Crippen LogP contribution in [0.3, 0.4) is 0 Å². The molecular weight excluding hydrogens is 565 g/mol. The summed E-state index contributed by atoms with van der Waals surface area (Å²) in [5, 5.41) is 9.65. The molecule has 9 heteroatoms. The predicted molar refractivity (Wildman–Crippen MR) is 193 cm³/mol. The molecular formula is C35H60N8S. The first-order valence-electron chi connectivity index (χ1n) is 12.5. The van der Waals surface area contributed by atoms with E-state index in [2.05, 4.69) is 52.2 Å². The van der Waals surface area contributed by atoms with Gasteiger partial charge in [0.15, 0.2) is 0 Å². The Kier molecular flexibility index (Phi) is 31.4. The molecule has 5 aromatic rings. The van der Waals surface area contributed by atoms with E-state index >= 15 is 0 Å². The summed E-state index contributed by atoms with van der Waals surface area (Å²) in [6, 6.07) is 8.13. The standard InChI is InChI=1S/2C7H9N.2C6H8N2.C4H6N2S.5CH4/c2*1-6-3-4-7(2)8-5-6;2*1-5-3-7-6(2)8-4-5;1-3-5-6-4(2)7-3;;;;;/h2*3-5H,1-2H3;2*3-4H,1-2H3;1-2H3;5*1H4. The van der Waals surface area contributed by atoms with Crippen molar-refractivity contribution in [2.45, 2.75) is 106 Å². The Labute approximate surface area is 274 Å². The number of rotatable bonds is 0. The number of hydrogen-bond acceptors (Lipinski definition) is 9. The normalized spacial score (nSPS) is 8.23. The van der Waals surface area contributed by atoms with Gasteiger partial charge < -0.3 is 0 Å². The smallest absolute Gasteiger partial charge is 0.125 e. The third-order valence-corrected chi connectivity index (χ3v) is 5.32. The van der Waals surface area contributed by atoms with Gasteiger partial charge in [-0.3, -0.25) is 9.97 Å². The molecule has 8 nitrogen and oxygen atoms in total. The van der Waals surface area contributed by atoms with E-state index in [0.717, 1.165) is 44.2 Å². The molecule has 44 heavy (non-hydrogen) atoms. The molecule has 0 aromatic carbocycles. The maximum Gasteiger partial charge on any atom is 0.125 e. The zero-order chi connectivity index (χ0) is 29.2. The summed E-state index contributed by atoms with van der Waals surface area (Å²) in [6.07, 6.45) is 11.0. The molecule has 0 spiro atoms. The van der Waals surface area contributed by atoms with Crippen LogP contribution >= 0.6 is 11.3 Å². The Balaban J connectivity index is -0.000000140. The minimum absolute atomic E-state index is 0. The van der Waals surface area contributed by atoms with Gasteiger partial charge in [-0.2, -0.15) is 0 Å². The van der Waals surface area contributed by atoms with Gasteiger partial charge >= 0.3 is 0 Å². The highest BCUT2D eigenvalue weighted by atomic mass is 32.1. The molecule has 0 saturated carbocycles. The number of aromatic nitrogens is 8. The minimum Gasteiger partial charge on any atom is -0.261 e. The van der Waals surface area contributed by atoms with Gasteiger partial charge in [0.1, 0.15) is 21.7 Å². The van der Waals surface area contributed by atoms with Crippen LogP contribution < -0.4 is 0 Å². The highest BCUT2D eigenvalue weighted by molar-refractivity contribution is 7.11. The maximum absolute atomic E-state index is 4.08.